The quantitative estimate of drug-likeness (QED) is 0.596. The fourth-order valence-corrected chi connectivity index (χ4v) is 1.98. The lowest BCUT2D eigenvalue weighted by Gasteiger charge is -2.16. The maximum absolute atomic E-state index is 11.5. The molecule has 0 rings (SSSR count). The number of hydrogen-bond acceptors (Lipinski definition) is 3. The normalized spacial score (nSPS) is 12.5. The smallest absolute Gasteiger partial charge is 0.230 e. The molecule has 3 N–H and O–H groups in total. The molecule has 90 valence electrons. The molecule has 0 spiro atoms. The minimum absolute atomic E-state index is 0.125. The van der Waals surface area contributed by atoms with Gasteiger partial charge in [-0.2, -0.15) is 11.8 Å². The van der Waals surface area contributed by atoms with Crippen LogP contribution in [0.15, 0.2) is 0 Å². The van der Waals surface area contributed by atoms with Gasteiger partial charge >= 0.3 is 0 Å². The number of carbonyl (C=O) groups is 1. The molecule has 0 heterocycles. The average molecular weight is 232 g/mol. The second-order valence-corrected chi connectivity index (χ2v) is 4.80. The molecule has 0 saturated carbocycles. The van der Waals surface area contributed by atoms with Crippen molar-refractivity contribution in [2.45, 2.75) is 45.6 Å². The van der Waals surface area contributed by atoms with E-state index in [0.29, 0.717) is 12.3 Å². The van der Waals surface area contributed by atoms with E-state index in [2.05, 4.69) is 19.2 Å². The molecule has 0 radical (unpaired) electrons. The van der Waals surface area contributed by atoms with Crippen molar-refractivity contribution in [3.8, 4) is 0 Å². The first-order chi connectivity index (χ1) is 7.24. The number of carbonyl (C=O) groups excluding carboxylic acids is 1. The molecule has 0 bridgehead atoms. The minimum atomic E-state index is 0.125. The number of thioether (sulfide) groups is 1. The Morgan fingerprint density at radius 3 is 2.67 bits per heavy atom. The third-order valence-corrected chi connectivity index (χ3v) is 3.30. The Labute approximate surface area is 97.6 Å². The van der Waals surface area contributed by atoms with Crippen LogP contribution in [0.25, 0.3) is 0 Å². The molecule has 0 aromatic heterocycles. The maximum atomic E-state index is 11.5. The van der Waals surface area contributed by atoms with E-state index in [0.717, 1.165) is 31.4 Å². The van der Waals surface area contributed by atoms with Crippen LogP contribution in [-0.4, -0.2) is 30.0 Å². The predicted octanol–water partition coefficient (Wildman–Crippen LogP) is 1.76. The van der Waals surface area contributed by atoms with Gasteiger partial charge in [-0.05, 0) is 18.6 Å². The number of nitrogens with two attached hydrogens (primary N) is 1. The van der Waals surface area contributed by atoms with Gasteiger partial charge in [-0.25, -0.2) is 0 Å². The Morgan fingerprint density at radius 1 is 1.40 bits per heavy atom. The molecular weight excluding hydrogens is 208 g/mol. The second kappa shape index (κ2) is 10.3. The number of unbranched alkanes of at least 4 members (excludes halogenated alkanes) is 1. The van der Waals surface area contributed by atoms with Crippen molar-refractivity contribution >= 4 is 17.7 Å². The lowest BCUT2D eigenvalue weighted by atomic mass is 10.1. The standard InChI is InChI=1S/C11H24N2OS/c1-3-5-6-10(8-12)13-11(14)9-15-7-4-2/h10H,3-9,12H2,1-2H3,(H,13,14). The van der Waals surface area contributed by atoms with Crippen LogP contribution in [0.3, 0.4) is 0 Å². The summed E-state index contributed by atoms with van der Waals surface area (Å²) >= 11 is 1.68. The second-order valence-electron chi connectivity index (χ2n) is 3.69. The Kier molecular flexibility index (Phi) is 10.2. The molecule has 0 aliphatic heterocycles. The third-order valence-electron chi connectivity index (χ3n) is 2.14. The molecule has 4 heteroatoms. The molecule has 1 unspecified atom stereocenters. The number of amides is 1. The first-order valence-corrected chi connectivity index (χ1v) is 6.97. The topological polar surface area (TPSA) is 55.1 Å². The summed E-state index contributed by atoms with van der Waals surface area (Å²) in [6.45, 7) is 4.81. The van der Waals surface area contributed by atoms with Gasteiger partial charge in [-0.3, -0.25) is 4.79 Å². The van der Waals surface area contributed by atoms with Gasteiger partial charge in [-0.15, -0.1) is 0 Å². The van der Waals surface area contributed by atoms with Crippen LogP contribution in [-0.2, 0) is 4.79 Å². The summed E-state index contributed by atoms with van der Waals surface area (Å²) in [6, 6.07) is 0.166. The van der Waals surface area contributed by atoms with Crippen LogP contribution in [0.4, 0.5) is 0 Å². The molecule has 15 heavy (non-hydrogen) atoms. The summed E-state index contributed by atoms with van der Waals surface area (Å²) in [5, 5.41) is 2.98. The molecule has 0 aromatic rings. The molecule has 0 aromatic carbocycles. The number of hydrogen-bond donors (Lipinski definition) is 2. The van der Waals surface area contributed by atoms with Crippen LogP contribution in [0, 0.1) is 0 Å². The van der Waals surface area contributed by atoms with Gasteiger partial charge in [0.15, 0.2) is 0 Å². The largest absolute Gasteiger partial charge is 0.351 e. The molecule has 0 aliphatic rings. The summed E-state index contributed by atoms with van der Waals surface area (Å²) in [7, 11) is 0. The SMILES string of the molecule is CCCCC(CN)NC(=O)CSCCC. The van der Waals surface area contributed by atoms with E-state index < -0.39 is 0 Å². The zero-order chi connectivity index (χ0) is 11.5. The predicted molar refractivity (Wildman–Crippen MR) is 68.1 cm³/mol. The van der Waals surface area contributed by atoms with E-state index >= 15 is 0 Å². The van der Waals surface area contributed by atoms with Crippen molar-refractivity contribution in [1.29, 1.82) is 0 Å². The molecular formula is C11H24N2OS. The van der Waals surface area contributed by atoms with Crippen molar-refractivity contribution in [2.24, 2.45) is 5.73 Å². The van der Waals surface area contributed by atoms with Crippen molar-refractivity contribution in [2.75, 3.05) is 18.1 Å². The fraction of sp³-hybridized carbons (Fsp3) is 0.909. The monoisotopic (exact) mass is 232 g/mol. The Hall–Kier alpha value is -0.220. The van der Waals surface area contributed by atoms with Crippen LogP contribution in [0.2, 0.25) is 0 Å². The van der Waals surface area contributed by atoms with E-state index in [4.69, 9.17) is 5.73 Å². The fourth-order valence-electron chi connectivity index (χ4n) is 1.28. The number of rotatable bonds is 9. The van der Waals surface area contributed by atoms with Crippen molar-refractivity contribution in [1.82, 2.24) is 5.32 Å². The molecule has 1 amide bonds. The lowest BCUT2D eigenvalue weighted by Crippen LogP contribution is -2.41. The zero-order valence-electron chi connectivity index (χ0n) is 9.92. The van der Waals surface area contributed by atoms with Crippen LogP contribution >= 0.6 is 11.8 Å². The van der Waals surface area contributed by atoms with Crippen molar-refractivity contribution in [3.63, 3.8) is 0 Å². The minimum Gasteiger partial charge on any atom is -0.351 e. The lowest BCUT2D eigenvalue weighted by molar-refractivity contribution is -0.119. The van der Waals surface area contributed by atoms with Crippen LogP contribution < -0.4 is 11.1 Å². The van der Waals surface area contributed by atoms with Crippen LogP contribution in [0.5, 0.6) is 0 Å². The molecule has 0 fully saturated rings. The summed E-state index contributed by atoms with van der Waals surface area (Å²) in [5.74, 6) is 1.74. The summed E-state index contributed by atoms with van der Waals surface area (Å²) < 4.78 is 0. The van der Waals surface area contributed by atoms with E-state index in [1.165, 1.54) is 0 Å². The van der Waals surface area contributed by atoms with Crippen molar-refractivity contribution in [3.05, 3.63) is 0 Å². The van der Waals surface area contributed by atoms with Gasteiger partial charge in [0.25, 0.3) is 0 Å². The Balaban J connectivity index is 3.60. The van der Waals surface area contributed by atoms with Gasteiger partial charge < -0.3 is 11.1 Å². The van der Waals surface area contributed by atoms with Gasteiger partial charge in [0.05, 0.1) is 5.75 Å². The van der Waals surface area contributed by atoms with Crippen molar-refractivity contribution < 1.29 is 4.79 Å². The highest BCUT2D eigenvalue weighted by atomic mass is 32.2. The molecule has 1 atom stereocenters. The number of nitrogens with one attached hydrogen (secondary N) is 1. The third kappa shape index (κ3) is 8.75. The molecule has 0 saturated heterocycles. The summed E-state index contributed by atoms with van der Waals surface area (Å²) in [5.41, 5.74) is 5.60. The molecule has 3 nitrogen and oxygen atoms in total. The van der Waals surface area contributed by atoms with E-state index in [1.807, 2.05) is 0 Å². The highest BCUT2D eigenvalue weighted by molar-refractivity contribution is 7.99. The maximum Gasteiger partial charge on any atom is 0.230 e. The van der Waals surface area contributed by atoms with Gasteiger partial charge in [-0.1, -0.05) is 26.7 Å². The average Bonchev–Trinajstić information content (AvgIpc) is 2.24. The first-order valence-electron chi connectivity index (χ1n) is 5.81. The van der Waals surface area contributed by atoms with E-state index in [-0.39, 0.29) is 11.9 Å². The molecule has 0 aliphatic carbocycles. The Morgan fingerprint density at radius 2 is 2.13 bits per heavy atom. The van der Waals surface area contributed by atoms with E-state index in [9.17, 15) is 4.79 Å². The summed E-state index contributed by atoms with van der Waals surface area (Å²) in [4.78, 5) is 11.5. The van der Waals surface area contributed by atoms with Gasteiger partial charge in [0, 0.05) is 12.6 Å². The summed E-state index contributed by atoms with van der Waals surface area (Å²) in [6.07, 6.45) is 4.40. The highest BCUT2D eigenvalue weighted by Gasteiger charge is 2.09. The first kappa shape index (κ1) is 14.8. The van der Waals surface area contributed by atoms with Crippen LogP contribution in [0.1, 0.15) is 39.5 Å². The Bertz CT molecular complexity index is 165. The highest BCUT2D eigenvalue weighted by Crippen LogP contribution is 2.03. The van der Waals surface area contributed by atoms with E-state index in [1.54, 1.807) is 11.8 Å². The van der Waals surface area contributed by atoms with Gasteiger partial charge in [0.2, 0.25) is 5.91 Å². The van der Waals surface area contributed by atoms with Gasteiger partial charge in [0.1, 0.15) is 0 Å². The zero-order valence-corrected chi connectivity index (χ0v) is 10.7.